The van der Waals surface area contributed by atoms with E-state index in [9.17, 15) is 4.57 Å². The van der Waals surface area contributed by atoms with Crippen molar-refractivity contribution in [1.29, 1.82) is 0 Å². The van der Waals surface area contributed by atoms with Crippen molar-refractivity contribution in [1.82, 2.24) is 14.9 Å². The highest BCUT2D eigenvalue weighted by Gasteiger charge is 2.35. The van der Waals surface area contributed by atoms with Crippen molar-refractivity contribution in [3.05, 3.63) is 53.7 Å². The van der Waals surface area contributed by atoms with E-state index in [0.717, 1.165) is 68.1 Å². The fourth-order valence-electron chi connectivity index (χ4n) is 5.67. The molecule has 3 aromatic rings. The first-order valence-corrected chi connectivity index (χ1v) is 16.4. The number of rotatable bonds is 6. The second-order valence-electron chi connectivity index (χ2n) is 10.7. The molecule has 0 aliphatic carbocycles. The summed E-state index contributed by atoms with van der Waals surface area (Å²) < 4.78 is 24.6. The largest absolute Gasteiger partial charge is 0.489 e. The summed E-state index contributed by atoms with van der Waals surface area (Å²) in [7, 11) is -2.50. The maximum atomic E-state index is 12.8. The maximum Gasteiger partial charge on any atom is 0.229 e. The minimum Gasteiger partial charge on any atom is -0.489 e. The van der Waals surface area contributed by atoms with Gasteiger partial charge in [-0.1, -0.05) is 23.7 Å². The van der Waals surface area contributed by atoms with Crippen molar-refractivity contribution in [3.8, 4) is 5.75 Å². The van der Waals surface area contributed by atoms with Crippen LogP contribution in [0.2, 0.25) is 5.02 Å². The van der Waals surface area contributed by atoms with E-state index in [1.54, 1.807) is 19.5 Å². The third-order valence-corrected chi connectivity index (χ3v) is 9.49. The number of para-hydroxylation sites is 1. The fourth-order valence-corrected chi connectivity index (χ4v) is 6.97. The molecule has 0 bridgehead atoms. The van der Waals surface area contributed by atoms with Gasteiger partial charge in [0.15, 0.2) is 5.82 Å². The highest BCUT2D eigenvalue weighted by Crippen LogP contribution is 2.40. The summed E-state index contributed by atoms with van der Waals surface area (Å²) in [5, 5.41) is 7.64. The third-order valence-electron chi connectivity index (χ3n) is 7.66. The van der Waals surface area contributed by atoms with Gasteiger partial charge >= 0.3 is 0 Å². The Morgan fingerprint density at radius 2 is 1.87 bits per heavy atom. The Kier molecular flexibility index (Phi) is 7.42. The smallest absolute Gasteiger partial charge is 0.229 e. The second-order valence-corrected chi connectivity index (χ2v) is 14.3. The van der Waals surface area contributed by atoms with Crippen LogP contribution in [0.1, 0.15) is 12.8 Å². The first-order valence-electron chi connectivity index (χ1n) is 13.4. The fraction of sp³-hybridized carbons (Fsp3) is 0.429. The number of hydrogen-bond donors (Lipinski definition) is 2. The molecule has 0 saturated carbocycles. The number of piperazine rings is 1. The van der Waals surface area contributed by atoms with Gasteiger partial charge in [-0.25, -0.2) is 4.98 Å². The van der Waals surface area contributed by atoms with Crippen LogP contribution in [0.25, 0.3) is 0 Å². The van der Waals surface area contributed by atoms with Crippen LogP contribution >= 0.6 is 18.7 Å². The van der Waals surface area contributed by atoms with Crippen molar-refractivity contribution in [3.63, 3.8) is 0 Å². The molecule has 4 heterocycles. The van der Waals surface area contributed by atoms with Gasteiger partial charge < -0.3 is 29.6 Å². The number of halogens is 1. The Bertz CT molecular complexity index is 1400. The van der Waals surface area contributed by atoms with Crippen molar-refractivity contribution < 1.29 is 14.0 Å². The molecule has 0 amide bonds. The lowest BCUT2D eigenvalue weighted by Crippen LogP contribution is -2.59. The topological polar surface area (TPSA) is 91.8 Å². The summed E-state index contributed by atoms with van der Waals surface area (Å²) >= 11 is 6.42. The van der Waals surface area contributed by atoms with E-state index in [1.807, 2.05) is 36.4 Å². The minimum atomic E-state index is -2.50. The molecule has 11 heteroatoms. The second kappa shape index (κ2) is 11.0. The Hall–Kier alpha value is -2.84. The molecule has 3 aliphatic heterocycles. The predicted octanol–water partition coefficient (Wildman–Crippen LogP) is 4.93. The summed E-state index contributed by atoms with van der Waals surface area (Å²) in [5.41, 5.74) is 2.67. The number of ether oxygens (including phenoxy) is 2. The molecule has 0 radical (unpaired) electrons. The zero-order valence-corrected chi connectivity index (χ0v) is 23.9. The molecule has 1 aromatic heterocycles. The summed E-state index contributed by atoms with van der Waals surface area (Å²) in [6.07, 6.45) is 3.79. The van der Waals surface area contributed by atoms with Gasteiger partial charge in [-0.3, -0.25) is 4.90 Å². The van der Waals surface area contributed by atoms with Crippen molar-refractivity contribution >= 4 is 52.9 Å². The normalized spacial score (nSPS) is 20.1. The highest BCUT2D eigenvalue weighted by atomic mass is 35.5. The minimum absolute atomic E-state index is 0.352. The van der Waals surface area contributed by atoms with Crippen molar-refractivity contribution in [2.24, 2.45) is 0 Å². The highest BCUT2D eigenvalue weighted by molar-refractivity contribution is 7.70. The summed E-state index contributed by atoms with van der Waals surface area (Å²) in [4.78, 5) is 14.1. The van der Waals surface area contributed by atoms with Gasteiger partial charge in [0, 0.05) is 55.9 Å². The Balaban J connectivity index is 1.16. The van der Waals surface area contributed by atoms with Crippen LogP contribution < -0.4 is 25.6 Å². The summed E-state index contributed by atoms with van der Waals surface area (Å²) in [5.74, 6) is 1.70. The van der Waals surface area contributed by atoms with Gasteiger partial charge in [-0.2, -0.15) is 4.98 Å². The maximum absolute atomic E-state index is 12.8. The van der Waals surface area contributed by atoms with Gasteiger partial charge in [0.25, 0.3) is 0 Å². The van der Waals surface area contributed by atoms with E-state index in [-0.39, 0.29) is 0 Å². The molecule has 2 N–H and O–H groups in total. The van der Waals surface area contributed by atoms with Crippen LogP contribution in [-0.2, 0) is 9.30 Å². The molecular weight excluding hydrogens is 535 g/mol. The van der Waals surface area contributed by atoms with Gasteiger partial charge in [0.2, 0.25) is 5.95 Å². The van der Waals surface area contributed by atoms with Gasteiger partial charge in [0.05, 0.1) is 23.6 Å². The van der Waals surface area contributed by atoms with Crippen LogP contribution in [-0.4, -0.2) is 79.7 Å². The Morgan fingerprint density at radius 1 is 1.05 bits per heavy atom. The lowest BCUT2D eigenvalue weighted by molar-refractivity contribution is 0.0231. The molecule has 1 atom stereocenters. The van der Waals surface area contributed by atoms with Gasteiger partial charge in [-0.05, 0) is 50.4 Å². The molecule has 0 unspecified atom stereocenters. The van der Waals surface area contributed by atoms with Crippen LogP contribution in [0, 0.1) is 0 Å². The summed E-state index contributed by atoms with van der Waals surface area (Å²) in [6.45, 7) is 8.96. The standard InChI is InChI=1S/C28H34ClN6O3P/c1-39(2,36)26-6-4-3-5-23(26)32-27-22(29)16-30-28(33-27)31-19-7-8-24-25(15-19)38-18-21-17-34(11-12-35(21)24)20-9-13-37-14-10-20/h3-8,15-16,20-21H,9-14,17-18H2,1-2H3,(H2,30,31,32,33)/t21-/m1/s1. The molecule has 2 saturated heterocycles. The lowest BCUT2D eigenvalue weighted by atomic mass is 10.0. The van der Waals surface area contributed by atoms with E-state index in [1.165, 1.54) is 0 Å². The Morgan fingerprint density at radius 3 is 2.69 bits per heavy atom. The van der Waals surface area contributed by atoms with E-state index in [2.05, 4.69) is 36.5 Å². The average Bonchev–Trinajstić information content (AvgIpc) is 2.94. The first-order chi connectivity index (χ1) is 18.8. The number of anilines is 5. The van der Waals surface area contributed by atoms with Crippen molar-refractivity contribution in [2.45, 2.75) is 24.9 Å². The number of hydrogen-bond acceptors (Lipinski definition) is 9. The SMILES string of the molecule is CP(C)(=O)c1ccccc1Nc1nc(Nc2ccc3c(c2)OC[C@H]2CN(C4CCOCC4)CCN32)ncc1Cl. The number of aromatic nitrogens is 2. The molecular formula is C28H34ClN6O3P. The number of benzene rings is 2. The molecule has 6 rings (SSSR count). The van der Waals surface area contributed by atoms with Crippen molar-refractivity contribution in [2.75, 3.05) is 68.3 Å². The monoisotopic (exact) mass is 568 g/mol. The molecule has 0 spiro atoms. The van der Waals surface area contributed by atoms with Crippen LogP contribution in [0.15, 0.2) is 48.7 Å². The zero-order valence-electron chi connectivity index (χ0n) is 22.3. The number of fused-ring (bicyclic) bond motifs is 3. The van der Waals surface area contributed by atoms with E-state index in [0.29, 0.717) is 41.2 Å². The van der Waals surface area contributed by atoms with Gasteiger partial charge in [0.1, 0.15) is 24.5 Å². The van der Waals surface area contributed by atoms with E-state index in [4.69, 9.17) is 21.1 Å². The summed E-state index contributed by atoms with van der Waals surface area (Å²) in [6, 6.07) is 14.6. The van der Waals surface area contributed by atoms with E-state index >= 15 is 0 Å². The average molecular weight is 569 g/mol. The van der Waals surface area contributed by atoms with Crippen LogP contribution in [0.4, 0.5) is 28.8 Å². The van der Waals surface area contributed by atoms with Crippen LogP contribution in [0.3, 0.4) is 0 Å². The lowest BCUT2D eigenvalue weighted by Gasteiger charge is -2.48. The molecule has 206 valence electrons. The zero-order chi connectivity index (χ0) is 27.0. The quantitative estimate of drug-likeness (QED) is 0.402. The molecule has 2 fully saturated rings. The number of nitrogens with one attached hydrogen (secondary N) is 2. The van der Waals surface area contributed by atoms with E-state index < -0.39 is 7.14 Å². The van der Waals surface area contributed by atoms with Gasteiger partial charge in [-0.15, -0.1) is 0 Å². The van der Waals surface area contributed by atoms with Crippen LogP contribution in [0.5, 0.6) is 5.75 Å². The third kappa shape index (κ3) is 5.73. The molecule has 2 aromatic carbocycles. The number of nitrogens with zero attached hydrogens (tertiary/aromatic N) is 4. The molecule has 3 aliphatic rings. The predicted molar refractivity (Wildman–Crippen MR) is 158 cm³/mol. The first kappa shape index (κ1) is 26.4. The molecule has 9 nitrogen and oxygen atoms in total. The Labute approximate surface area is 234 Å². The molecule has 39 heavy (non-hydrogen) atoms.